The summed E-state index contributed by atoms with van der Waals surface area (Å²) in [6.45, 7) is 2.08. The standard InChI is InChI=1S/C6H14Si/c1-2-3-4-5-6-7/h2-3H,4-6H2,1,7H3. The Hall–Kier alpha value is -0.0431. The van der Waals surface area contributed by atoms with Crippen LogP contribution in [0.1, 0.15) is 19.8 Å². The van der Waals surface area contributed by atoms with Gasteiger partial charge in [-0.3, -0.25) is 0 Å². The average Bonchev–Trinajstić information content (AvgIpc) is 1.69. The SMILES string of the molecule is CC=CCCC[SiH3]. The number of unbranched alkanes of at least 4 members (excludes halogenated alkanes) is 1. The van der Waals surface area contributed by atoms with Gasteiger partial charge in [-0.2, -0.15) is 0 Å². The van der Waals surface area contributed by atoms with Gasteiger partial charge in [-0.25, -0.2) is 0 Å². The van der Waals surface area contributed by atoms with Gasteiger partial charge in [0.1, 0.15) is 0 Å². The molecule has 0 bridgehead atoms. The number of rotatable bonds is 3. The lowest BCUT2D eigenvalue weighted by molar-refractivity contribution is 0.954. The molecule has 0 N–H and O–H groups in total. The molecule has 42 valence electrons. The molecule has 0 aromatic carbocycles. The maximum absolute atomic E-state index is 2.23. The van der Waals surface area contributed by atoms with Crippen LogP contribution in [-0.2, 0) is 0 Å². The summed E-state index contributed by atoms with van der Waals surface area (Å²) >= 11 is 0. The van der Waals surface area contributed by atoms with Gasteiger partial charge in [0.15, 0.2) is 0 Å². The molecule has 0 aliphatic carbocycles. The second-order valence-corrected chi connectivity index (χ2v) is 2.71. The molecule has 0 unspecified atom stereocenters. The van der Waals surface area contributed by atoms with Crippen LogP contribution in [0, 0.1) is 0 Å². The maximum Gasteiger partial charge on any atom is 0.00281 e. The fraction of sp³-hybridized carbons (Fsp3) is 0.667. The Balaban J connectivity index is 2.69. The zero-order valence-electron chi connectivity index (χ0n) is 5.28. The molecular formula is C6H14Si. The highest BCUT2D eigenvalue weighted by atomic mass is 28.1. The third-order valence-corrected chi connectivity index (χ3v) is 1.67. The van der Waals surface area contributed by atoms with Crippen molar-refractivity contribution in [1.82, 2.24) is 0 Å². The lowest BCUT2D eigenvalue weighted by atomic mass is 10.3. The molecule has 0 rings (SSSR count). The number of hydrogen-bond acceptors (Lipinski definition) is 0. The van der Waals surface area contributed by atoms with Gasteiger partial charge in [-0.1, -0.05) is 24.6 Å². The third kappa shape index (κ3) is 5.96. The molecule has 0 spiro atoms. The topological polar surface area (TPSA) is 0 Å². The lowest BCUT2D eigenvalue weighted by Crippen LogP contribution is -1.66. The molecule has 0 saturated heterocycles. The lowest BCUT2D eigenvalue weighted by Gasteiger charge is -1.83. The summed E-state index contributed by atoms with van der Waals surface area (Å²) in [5.74, 6) is 0. The fourth-order valence-corrected chi connectivity index (χ4v) is 0.897. The smallest absolute Gasteiger partial charge is 0.00281 e. The van der Waals surface area contributed by atoms with Gasteiger partial charge in [0.25, 0.3) is 0 Å². The summed E-state index contributed by atoms with van der Waals surface area (Å²) in [6, 6.07) is 1.45. The molecule has 0 aromatic heterocycles. The van der Waals surface area contributed by atoms with Crippen molar-refractivity contribution in [3.05, 3.63) is 12.2 Å². The van der Waals surface area contributed by atoms with E-state index < -0.39 is 0 Å². The highest BCUT2D eigenvalue weighted by molar-refractivity contribution is 6.08. The van der Waals surface area contributed by atoms with E-state index in [-0.39, 0.29) is 0 Å². The first-order valence-electron chi connectivity index (χ1n) is 3.03. The van der Waals surface area contributed by atoms with E-state index >= 15 is 0 Å². The Kier molecular flexibility index (Phi) is 5.92. The summed E-state index contributed by atoms with van der Waals surface area (Å²) < 4.78 is 0. The Morgan fingerprint density at radius 3 is 2.71 bits per heavy atom. The molecule has 0 radical (unpaired) electrons. The fourth-order valence-electron chi connectivity index (χ4n) is 0.489. The molecule has 0 aliphatic heterocycles. The second-order valence-electron chi connectivity index (χ2n) is 1.71. The van der Waals surface area contributed by atoms with E-state index in [0.717, 1.165) is 0 Å². The third-order valence-electron chi connectivity index (χ3n) is 0.960. The molecule has 7 heavy (non-hydrogen) atoms. The van der Waals surface area contributed by atoms with Crippen molar-refractivity contribution in [3.63, 3.8) is 0 Å². The van der Waals surface area contributed by atoms with Crippen molar-refractivity contribution < 1.29 is 0 Å². The van der Waals surface area contributed by atoms with Gasteiger partial charge < -0.3 is 0 Å². The Morgan fingerprint density at radius 2 is 2.29 bits per heavy atom. The Morgan fingerprint density at radius 1 is 1.57 bits per heavy atom. The molecule has 0 heterocycles. The summed E-state index contributed by atoms with van der Waals surface area (Å²) in [5, 5.41) is 0. The van der Waals surface area contributed by atoms with Crippen LogP contribution in [0.5, 0.6) is 0 Å². The molecule has 0 aromatic rings. The van der Waals surface area contributed by atoms with E-state index in [1.165, 1.54) is 29.1 Å². The molecule has 0 atom stereocenters. The molecule has 0 nitrogen and oxygen atoms in total. The van der Waals surface area contributed by atoms with Crippen LogP contribution in [0.25, 0.3) is 0 Å². The van der Waals surface area contributed by atoms with Crippen LogP contribution in [0.15, 0.2) is 12.2 Å². The van der Waals surface area contributed by atoms with Crippen molar-refractivity contribution in [3.8, 4) is 0 Å². The van der Waals surface area contributed by atoms with Crippen LogP contribution < -0.4 is 0 Å². The van der Waals surface area contributed by atoms with Crippen LogP contribution in [0.3, 0.4) is 0 Å². The van der Waals surface area contributed by atoms with Crippen molar-refractivity contribution in [2.75, 3.05) is 0 Å². The highest BCUT2D eigenvalue weighted by Gasteiger charge is 1.73. The molecule has 0 aliphatic rings. The minimum absolute atomic E-state index is 1.29. The van der Waals surface area contributed by atoms with Crippen LogP contribution in [-0.4, -0.2) is 10.2 Å². The molecule has 1 heteroatoms. The Labute approximate surface area is 49.0 Å². The zero-order valence-corrected chi connectivity index (χ0v) is 7.28. The highest BCUT2D eigenvalue weighted by Crippen LogP contribution is 1.92. The van der Waals surface area contributed by atoms with E-state index in [2.05, 4.69) is 19.1 Å². The van der Waals surface area contributed by atoms with Crippen LogP contribution in [0.2, 0.25) is 6.04 Å². The zero-order chi connectivity index (χ0) is 5.54. The van der Waals surface area contributed by atoms with E-state index in [1.54, 1.807) is 0 Å². The number of hydrogen-bond donors (Lipinski definition) is 0. The maximum atomic E-state index is 2.23. The molecule has 0 fully saturated rings. The summed E-state index contributed by atoms with van der Waals surface area (Å²) in [5.41, 5.74) is 0. The minimum Gasteiger partial charge on any atom is -0.0917 e. The minimum atomic E-state index is 1.29. The van der Waals surface area contributed by atoms with Crippen LogP contribution in [0.4, 0.5) is 0 Å². The summed E-state index contributed by atoms with van der Waals surface area (Å²) in [6.07, 6.45) is 7.05. The van der Waals surface area contributed by atoms with Crippen molar-refractivity contribution in [1.29, 1.82) is 0 Å². The predicted octanol–water partition coefficient (Wildman–Crippen LogP) is 1.13. The van der Waals surface area contributed by atoms with Crippen molar-refractivity contribution in [2.45, 2.75) is 25.8 Å². The van der Waals surface area contributed by atoms with E-state index in [9.17, 15) is 0 Å². The van der Waals surface area contributed by atoms with E-state index in [4.69, 9.17) is 0 Å². The first-order chi connectivity index (χ1) is 3.41. The first-order valence-corrected chi connectivity index (χ1v) is 4.44. The second kappa shape index (κ2) is 5.96. The van der Waals surface area contributed by atoms with Crippen LogP contribution >= 0.6 is 0 Å². The van der Waals surface area contributed by atoms with Crippen molar-refractivity contribution >= 4 is 10.2 Å². The number of allylic oxidation sites excluding steroid dienone is 2. The van der Waals surface area contributed by atoms with E-state index in [1.807, 2.05) is 0 Å². The normalized spacial score (nSPS) is 11.0. The Bertz CT molecular complexity index is 48.1. The average molecular weight is 114 g/mol. The molecule has 0 amide bonds. The predicted molar refractivity (Wildman–Crippen MR) is 38.8 cm³/mol. The van der Waals surface area contributed by atoms with E-state index in [0.29, 0.717) is 0 Å². The van der Waals surface area contributed by atoms with Gasteiger partial charge in [-0.05, 0) is 13.3 Å². The summed E-state index contributed by atoms with van der Waals surface area (Å²) in [4.78, 5) is 0. The monoisotopic (exact) mass is 114 g/mol. The largest absolute Gasteiger partial charge is 0.0917 e. The summed E-state index contributed by atoms with van der Waals surface area (Å²) in [7, 11) is 1.37. The first kappa shape index (κ1) is 6.96. The quantitative estimate of drug-likeness (QED) is 0.293. The van der Waals surface area contributed by atoms with Gasteiger partial charge in [-0.15, -0.1) is 0 Å². The van der Waals surface area contributed by atoms with Gasteiger partial charge in [0.2, 0.25) is 0 Å². The van der Waals surface area contributed by atoms with Gasteiger partial charge in [0, 0.05) is 10.2 Å². The van der Waals surface area contributed by atoms with Gasteiger partial charge >= 0.3 is 0 Å². The molecule has 0 saturated carbocycles. The molecular weight excluding hydrogens is 100 g/mol. The van der Waals surface area contributed by atoms with Gasteiger partial charge in [0.05, 0.1) is 0 Å². The van der Waals surface area contributed by atoms with Crippen molar-refractivity contribution in [2.24, 2.45) is 0 Å².